The molecule has 54 heavy (non-hydrogen) atoms. The number of primary amides is 1. The van der Waals surface area contributed by atoms with Crippen LogP contribution in [0, 0.1) is 0 Å². The van der Waals surface area contributed by atoms with Crippen LogP contribution in [0.15, 0.2) is 0 Å². The Labute approximate surface area is 317 Å². The quantitative estimate of drug-likeness (QED) is 0.0287. The molecule has 12 N–H and O–H groups in total. The standard InChI is InChI=1S/C32H65N9O13/c1-26(42)38-2-6-47-10-14-51-17-13-50-9-5-41(32(46)25-54-23-28(36)19-34)21-30(44)39-3-7-48-11-15-52-16-12-49-8-4-40(20-29(37)43)31(45)24-53-22-27(35)18-33/h27-28H,2-25,33-36H2,1H3,(H2,37,43)(H,38,42)(H,39,44)/t27-,28-/m0/s1. The summed E-state index contributed by atoms with van der Waals surface area (Å²) < 4.78 is 43.3. The summed E-state index contributed by atoms with van der Waals surface area (Å²) in [5, 5.41) is 5.34. The van der Waals surface area contributed by atoms with Crippen LogP contribution in [-0.2, 0) is 61.9 Å². The van der Waals surface area contributed by atoms with E-state index in [-0.39, 0.29) is 143 Å². The maximum Gasteiger partial charge on any atom is 0.249 e. The molecule has 22 nitrogen and oxygen atoms in total. The summed E-state index contributed by atoms with van der Waals surface area (Å²) in [5.41, 5.74) is 27.5. The van der Waals surface area contributed by atoms with Gasteiger partial charge in [-0.15, -0.1) is 0 Å². The van der Waals surface area contributed by atoms with Crippen molar-refractivity contribution in [2.45, 2.75) is 19.0 Å². The second-order valence-corrected chi connectivity index (χ2v) is 11.6. The molecule has 0 radical (unpaired) electrons. The number of carbonyl (C=O) groups is 5. The summed E-state index contributed by atoms with van der Waals surface area (Å²) in [6.07, 6.45) is 0. The number of hydrogen-bond donors (Lipinski definition) is 7. The molecular weight excluding hydrogens is 718 g/mol. The Balaban J connectivity index is 4.21. The Morgan fingerprint density at radius 1 is 0.537 bits per heavy atom. The Hall–Kier alpha value is -3.13. The number of amides is 5. The SMILES string of the molecule is CC(=O)NCCOCCOCCOCCN(CC(=O)NCCOCCOCCOCCN(CC(N)=O)C(=O)COC[C@@H](N)CN)C(=O)COC[C@@H](N)CN. The zero-order valence-electron chi connectivity index (χ0n) is 31.7. The summed E-state index contributed by atoms with van der Waals surface area (Å²) in [6, 6.07) is -0.798. The highest BCUT2D eigenvalue weighted by atomic mass is 16.5. The largest absolute Gasteiger partial charge is 0.377 e. The predicted molar refractivity (Wildman–Crippen MR) is 195 cm³/mol. The Bertz CT molecular complexity index is 1000. The van der Waals surface area contributed by atoms with Gasteiger partial charge >= 0.3 is 0 Å². The lowest BCUT2D eigenvalue weighted by Gasteiger charge is -2.22. The van der Waals surface area contributed by atoms with Gasteiger partial charge in [-0.2, -0.15) is 0 Å². The third-order valence-electron chi connectivity index (χ3n) is 6.80. The van der Waals surface area contributed by atoms with Gasteiger partial charge in [-0.1, -0.05) is 0 Å². The highest BCUT2D eigenvalue weighted by Gasteiger charge is 2.18. The molecule has 316 valence electrons. The van der Waals surface area contributed by atoms with Gasteiger partial charge in [-0.25, -0.2) is 0 Å². The van der Waals surface area contributed by atoms with Gasteiger partial charge < -0.3 is 87.0 Å². The Morgan fingerprint density at radius 3 is 1.30 bits per heavy atom. The molecule has 5 amide bonds. The van der Waals surface area contributed by atoms with Crippen molar-refractivity contribution in [1.82, 2.24) is 20.4 Å². The molecule has 0 rings (SSSR count). The Kier molecular flexibility index (Phi) is 33.5. The zero-order chi connectivity index (χ0) is 40.2. The summed E-state index contributed by atoms with van der Waals surface area (Å²) in [5.74, 6) is -2.00. The van der Waals surface area contributed by atoms with Crippen LogP contribution in [0.3, 0.4) is 0 Å². The first kappa shape index (κ1) is 50.9. The average Bonchev–Trinajstić information content (AvgIpc) is 3.13. The van der Waals surface area contributed by atoms with E-state index in [0.717, 1.165) is 0 Å². The fourth-order valence-electron chi connectivity index (χ4n) is 3.91. The number of nitrogens with one attached hydrogen (secondary N) is 2. The molecule has 0 bridgehead atoms. The van der Waals surface area contributed by atoms with E-state index < -0.39 is 23.8 Å². The number of nitrogens with zero attached hydrogens (tertiary/aromatic N) is 2. The molecular formula is C32H65N9O13. The third-order valence-corrected chi connectivity index (χ3v) is 6.80. The minimum absolute atomic E-state index is 0.101. The Morgan fingerprint density at radius 2 is 0.907 bits per heavy atom. The summed E-state index contributed by atoms with van der Waals surface area (Å²) in [6.45, 7) is 5.29. The normalized spacial score (nSPS) is 12.2. The molecule has 0 aliphatic carbocycles. The molecule has 0 fully saturated rings. The number of hydrogen-bond acceptors (Lipinski definition) is 17. The van der Waals surface area contributed by atoms with E-state index in [1.54, 1.807) is 0 Å². The molecule has 0 aliphatic rings. The van der Waals surface area contributed by atoms with E-state index in [1.807, 2.05) is 0 Å². The third kappa shape index (κ3) is 32.3. The lowest BCUT2D eigenvalue weighted by molar-refractivity contribution is -0.141. The fourth-order valence-corrected chi connectivity index (χ4v) is 3.91. The van der Waals surface area contributed by atoms with Crippen LogP contribution >= 0.6 is 0 Å². The van der Waals surface area contributed by atoms with Gasteiger partial charge in [0.25, 0.3) is 0 Å². The van der Waals surface area contributed by atoms with Crippen molar-refractivity contribution in [2.24, 2.45) is 28.7 Å². The number of carbonyl (C=O) groups excluding carboxylic acids is 5. The average molecular weight is 784 g/mol. The van der Waals surface area contributed by atoms with E-state index in [9.17, 15) is 24.0 Å². The van der Waals surface area contributed by atoms with Crippen molar-refractivity contribution in [3.05, 3.63) is 0 Å². The topological polar surface area (TPSA) is 320 Å². The fraction of sp³-hybridized carbons (Fsp3) is 0.844. The molecule has 0 spiro atoms. The van der Waals surface area contributed by atoms with Crippen molar-refractivity contribution >= 4 is 29.5 Å². The van der Waals surface area contributed by atoms with Gasteiger partial charge in [0.05, 0.1) is 106 Å². The van der Waals surface area contributed by atoms with Gasteiger partial charge in [0.2, 0.25) is 29.5 Å². The van der Waals surface area contributed by atoms with Crippen LogP contribution < -0.4 is 39.3 Å². The monoisotopic (exact) mass is 783 g/mol. The lowest BCUT2D eigenvalue weighted by atomic mass is 10.3. The van der Waals surface area contributed by atoms with Gasteiger partial charge in [-0.05, 0) is 0 Å². The van der Waals surface area contributed by atoms with Gasteiger partial charge in [-0.3, -0.25) is 24.0 Å². The maximum atomic E-state index is 12.8. The highest BCUT2D eigenvalue weighted by Crippen LogP contribution is 1.96. The zero-order valence-corrected chi connectivity index (χ0v) is 31.7. The minimum Gasteiger partial charge on any atom is -0.377 e. The van der Waals surface area contributed by atoms with Crippen LogP contribution in [0.4, 0.5) is 0 Å². The smallest absolute Gasteiger partial charge is 0.249 e. The van der Waals surface area contributed by atoms with Gasteiger partial charge in [0.1, 0.15) is 13.2 Å². The molecule has 0 aromatic heterocycles. The van der Waals surface area contributed by atoms with E-state index >= 15 is 0 Å². The second kappa shape index (κ2) is 35.6. The minimum atomic E-state index is -0.663. The molecule has 0 aromatic carbocycles. The van der Waals surface area contributed by atoms with Gasteiger partial charge in [0, 0.05) is 58.3 Å². The first-order valence-electron chi connectivity index (χ1n) is 17.9. The lowest BCUT2D eigenvalue weighted by Crippen LogP contribution is -2.45. The van der Waals surface area contributed by atoms with Crippen molar-refractivity contribution in [1.29, 1.82) is 0 Å². The van der Waals surface area contributed by atoms with E-state index in [1.165, 1.54) is 16.7 Å². The van der Waals surface area contributed by atoms with Gasteiger partial charge in [0.15, 0.2) is 0 Å². The van der Waals surface area contributed by atoms with Crippen LogP contribution in [0.25, 0.3) is 0 Å². The predicted octanol–water partition coefficient (Wildman–Crippen LogP) is -5.91. The first-order chi connectivity index (χ1) is 26.0. The molecule has 0 aromatic rings. The first-order valence-corrected chi connectivity index (χ1v) is 17.9. The van der Waals surface area contributed by atoms with Crippen molar-refractivity contribution in [2.75, 3.05) is 158 Å². The van der Waals surface area contributed by atoms with E-state index in [2.05, 4.69) is 10.6 Å². The summed E-state index contributed by atoms with van der Waals surface area (Å²) >= 11 is 0. The molecule has 0 saturated heterocycles. The maximum absolute atomic E-state index is 12.8. The number of ether oxygens (including phenoxy) is 8. The molecule has 2 atom stereocenters. The van der Waals surface area contributed by atoms with E-state index in [0.29, 0.717) is 33.0 Å². The number of nitrogens with two attached hydrogens (primary N) is 5. The van der Waals surface area contributed by atoms with Crippen molar-refractivity contribution < 1.29 is 61.9 Å². The summed E-state index contributed by atoms with van der Waals surface area (Å²) in [7, 11) is 0. The molecule has 0 unspecified atom stereocenters. The molecule has 22 heteroatoms. The van der Waals surface area contributed by atoms with E-state index in [4.69, 9.17) is 66.6 Å². The number of rotatable bonds is 38. The van der Waals surface area contributed by atoms with Crippen LogP contribution in [-0.4, -0.2) is 209 Å². The molecule has 0 aliphatic heterocycles. The van der Waals surface area contributed by atoms with Crippen LogP contribution in [0.5, 0.6) is 0 Å². The second-order valence-electron chi connectivity index (χ2n) is 11.6. The summed E-state index contributed by atoms with van der Waals surface area (Å²) in [4.78, 5) is 62.3. The van der Waals surface area contributed by atoms with Crippen molar-refractivity contribution in [3.63, 3.8) is 0 Å². The molecule has 0 saturated carbocycles. The van der Waals surface area contributed by atoms with Crippen LogP contribution in [0.2, 0.25) is 0 Å². The van der Waals surface area contributed by atoms with Crippen molar-refractivity contribution in [3.8, 4) is 0 Å². The highest BCUT2D eigenvalue weighted by molar-refractivity contribution is 5.85. The van der Waals surface area contributed by atoms with Crippen LogP contribution in [0.1, 0.15) is 6.92 Å². The molecule has 0 heterocycles.